The molecule has 1 amide bonds. The van der Waals surface area contributed by atoms with E-state index in [0.717, 1.165) is 31.9 Å². The lowest BCUT2D eigenvalue weighted by Crippen LogP contribution is -2.52. The maximum absolute atomic E-state index is 12.0. The van der Waals surface area contributed by atoms with Gasteiger partial charge in [-0.05, 0) is 56.7 Å². The number of rotatable bonds is 10. The second kappa shape index (κ2) is 13.4. The third kappa shape index (κ3) is 7.02. The predicted octanol–water partition coefficient (Wildman–Crippen LogP) is 3.43. The molecular formula is C30H42N8O3. The minimum absolute atomic E-state index is 0.0893. The molecule has 3 fully saturated rings. The number of amides is 1. The van der Waals surface area contributed by atoms with Gasteiger partial charge in [-0.15, -0.1) is 0 Å². The van der Waals surface area contributed by atoms with Gasteiger partial charge in [0.1, 0.15) is 24.0 Å². The van der Waals surface area contributed by atoms with Crippen molar-refractivity contribution in [1.82, 2.24) is 24.7 Å². The fraction of sp³-hybridized carbons (Fsp3) is 0.567. The number of nitroso groups, excluding NO2 is 1. The number of hydrogen-bond acceptors (Lipinski definition) is 10. The smallest absolute Gasteiger partial charge is 0.246 e. The van der Waals surface area contributed by atoms with E-state index in [0.29, 0.717) is 55.1 Å². The summed E-state index contributed by atoms with van der Waals surface area (Å²) in [7, 11) is 2.21. The molecule has 11 heteroatoms. The van der Waals surface area contributed by atoms with E-state index in [1.54, 1.807) is 4.90 Å². The van der Waals surface area contributed by atoms with Crippen LogP contribution in [0.15, 0.2) is 42.1 Å². The summed E-state index contributed by atoms with van der Waals surface area (Å²) < 4.78 is 6.23. The average Bonchev–Trinajstić information content (AvgIpc) is 3.47. The van der Waals surface area contributed by atoms with Crippen LogP contribution >= 0.6 is 0 Å². The summed E-state index contributed by atoms with van der Waals surface area (Å²) >= 11 is 0. The molecule has 1 N–H and O–H groups in total. The Balaban J connectivity index is 1.24. The van der Waals surface area contributed by atoms with E-state index >= 15 is 0 Å². The van der Waals surface area contributed by atoms with Crippen LogP contribution in [0.2, 0.25) is 0 Å². The summed E-state index contributed by atoms with van der Waals surface area (Å²) in [4.78, 5) is 41.9. The van der Waals surface area contributed by atoms with Crippen LogP contribution in [0.5, 0.6) is 5.88 Å². The zero-order valence-corrected chi connectivity index (χ0v) is 24.3. The van der Waals surface area contributed by atoms with Crippen LogP contribution < -0.4 is 15.0 Å². The van der Waals surface area contributed by atoms with E-state index in [1.807, 2.05) is 19.1 Å². The largest absolute Gasteiger partial charge is 0.471 e. The van der Waals surface area contributed by atoms with E-state index < -0.39 is 0 Å². The molecular weight excluding hydrogens is 520 g/mol. The van der Waals surface area contributed by atoms with Gasteiger partial charge in [0, 0.05) is 69.7 Å². The summed E-state index contributed by atoms with van der Waals surface area (Å²) in [6.45, 7) is 13.3. The zero-order chi connectivity index (χ0) is 28.8. The Kier molecular flexibility index (Phi) is 9.45. The highest BCUT2D eigenvalue weighted by Crippen LogP contribution is 2.29. The van der Waals surface area contributed by atoms with Gasteiger partial charge < -0.3 is 24.8 Å². The van der Waals surface area contributed by atoms with Crippen molar-refractivity contribution in [1.29, 1.82) is 0 Å². The lowest BCUT2D eigenvalue weighted by molar-refractivity contribution is -0.125. The van der Waals surface area contributed by atoms with Gasteiger partial charge in [-0.1, -0.05) is 18.7 Å². The van der Waals surface area contributed by atoms with Crippen LogP contribution in [0.3, 0.4) is 0 Å². The molecule has 0 unspecified atom stereocenters. The highest BCUT2D eigenvalue weighted by molar-refractivity contribution is 5.87. The molecule has 3 aliphatic heterocycles. The number of piperidine rings is 1. The number of aromatic nitrogens is 2. The van der Waals surface area contributed by atoms with E-state index in [2.05, 4.69) is 55.9 Å². The van der Waals surface area contributed by atoms with Gasteiger partial charge in [0.2, 0.25) is 11.8 Å². The molecule has 1 aromatic carbocycles. The number of likely N-dealkylation sites (N-methyl/N-ethyl adjacent to an activating group) is 1. The Morgan fingerprint density at radius 1 is 1.05 bits per heavy atom. The van der Waals surface area contributed by atoms with Crippen LogP contribution in [0.25, 0.3) is 0 Å². The highest BCUT2D eigenvalue weighted by atomic mass is 16.5. The summed E-state index contributed by atoms with van der Waals surface area (Å²) in [6.07, 6.45) is 4.82. The minimum atomic E-state index is -0.180. The Labute approximate surface area is 242 Å². The van der Waals surface area contributed by atoms with E-state index in [-0.39, 0.29) is 18.6 Å². The number of benzene rings is 1. The van der Waals surface area contributed by atoms with Crippen LogP contribution in [0, 0.1) is 4.91 Å². The molecule has 0 saturated carbocycles. The third-order valence-corrected chi connectivity index (χ3v) is 8.48. The number of hydrogen-bond donors (Lipinski definition) is 1. The van der Waals surface area contributed by atoms with Gasteiger partial charge in [0.05, 0.1) is 6.54 Å². The molecule has 5 rings (SSSR count). The number of carbonyl (C=O) groups excluding carboxylic acids is 1. The van der Waals surface area contributed by atoms with E-state index in [4.69, 9.17) is 9.72 Å². The first-order valence-corrected chi connectivity index (χ1v) is 14.8. The average molecular weight is 563 g/mol. The third-order valence-electron chi connectivity index (χ3n) is 8.48. The van der Waals surface area contributed by atoms with Crippen molar-refractivity contribution in [3.8, 4) is 5.88 Å². The fourth-order valence-corrected chi connectivity index (χ4v) is 5.97. The number of ether oxygens (including phenoxy) is 1. The van der Waals surface area contributed by atoms with Gasteiger partial charge in [0.25, 0.3) is 0 Å². The number of nitrogens with one attached hydrogen (secondary N) is 1. The van der Waals surface area contributed by atoms with Crippen LogP contribution in [-0.4, -0.2) is 102 Å². The van der Waals surface area contributed by atoms with E-state index in [9.17, 15) is 9.70 Å². The second-order valence-electron chi connectivity index (χ2n) is 11.2. The molecule has 0 aliphatic carbocycles. The molecule has 3 saturated heterocycles. The van der Waals surface area contributed by atoms with Gasteiger partial charge in [-0.25, -0.2) is 4.98 Å². The SMILES string of the molecule is C=CC(=O)N1CC[C@@H](Oc2nc(Nc3ccc(N4CCC(N5CCN(C)CC5)CC4)cc3)c(CN=O)nc2CC)C1. The van der Waals surface area contributed by atoms with Crippen molar-refractivity contribution < 1.29 is 9.53 Å². The van der Waals surface area contributed by atoms with Gasteiger partial charge in [0.15, 0.2) is 5.82 Å². The number of anilines is 3. The van der Waals surface area contributed by atoms with Crippen LogP contribution in [0.1, 0.15) is 37.6 Å². The molecule has 41 heavy (non-hydrogen) atoms. The number of piperazine rings is 1. The maximum Gasteiger partial charge on any atom is 0.246 e. The maximum atomic E-state index is 12.0. The fourth-order valence-electron chi connectivity index (χ4n) is 5.97. The monoisotopic (exact) mass is 562 g/mol. The van der Waals surface area contributed by atoms with Crippen molar-refractivity contribution >= 4 is 23.1 Å². The number of likely N-dealkylation sites (tertiary alicyclic amines) is 1. The quantitative estimate of drug-likeness (QED) is 0.344. The van der Waals surface area contributed by atoms with Crippen molar-refractivity contribution in [3.63, 3.8) is 0 Å². The Morgan fingerprint density at radius 3 is 2.44 bits per heavy atom. The first kappa shape index (κ1) is 28.9. The first-order chi connectivity index (χ1) is 20.0. The molecule has 220 valence electrons. The summed E-state index contributed by atoms with van der Waals surface area (Å²) in [5.41, 5.74) is 3.20. The second-order valence-corrected chi connectivity index (χ2v) is 11.2. The Bertz CT molecular complexity index is 1210. The predicted molar refractivity (Wildman–Crippen MR) is 161 cm³/mol. The van der Waals surface area contributed by atoms with Crippen molar-refractivity contribution in [2.75, 3.05) is 69.6 Å². The molecule has 0 radical (unpaired) electrons. The lowest BCUT2D eigenvalue weighted by Gasteiger charge is -2.42. The Morgan fingerprint density at radius 2 is 1.78 bits per heavy atom. The first-order valence-electron chi connectivity index (χ1n) is 14.8. The standard InChI is InChI=1S/C30H42N8O3/c1-4-26-30(41-25-12-15-38(21-25)28(39)5-2)34-29(27(33-26)20-31-40)32-22-6-8-23(9-7-22)36-13-10-24(11-14-36)37-18-16-35(3)17-19-37/h5-9,24-25H,2,4,10-21H2,1,3H3,(H,32,34)/t25-/m1/s1. The number of nitrogens with zero attached hydrogens (tertiary/aromatic N) is 7. The van der Waals surface area contributed by atoms with Gasteiger partial charge in [-0.3, -0.25) is 9.69 Å². The normalized spacial score (nSPS) is 20.7. The Hall–Kier alpha value is -3.57. The molecule has 1 atom stereocenters. The van der Waals surface area contributed by atoms with Crippen molar-refractivity contribution in [3.05, 3.63) is 53.2 Å². The lowest BCUT2D eigenvalue weighted by atomic mass is 10.0. The minimum Gasteiger partial charge on any atom is -0.471 e. The van der Waals surface area contributed by atoms with Gasteiger partial charge in [-0.2, -0.15) is 9.89 Å². The molecule has 0 bridgehead atoms. The van der Waals surface area contributed by atoms with Crippen LogP contribution in [-0.2, 0) is 17.8 Å². The van der Waals surface area contributed by atoms with Crippen LogP contribution in [0.4, 0.5) is 17.2 Å². The topological polar surface area (TPSA) is 107 Å². The number of aryl methyl sites for hydroxylation is 1. The molecule has 2 aromatic rings. The summed E-state index contributed by atoms with van der Waals surface area (Å²) in [6, 6.07) is 9.01. The summed E-state index contributed by atoms with van der Waals surface area (Å²) in [5, 5.41) is 6.41. The summed E-state index contributed by atoms with van der Waals surface area (Å²) in [5.74, 6) is 0.771. The molecule has 0 spiro atoms. The molecule has 4 heterocycles. The molecule has 1 aromatic heterocycles. The van der Waals surface area contributed by atoms with Gasteiger partial charge >= 0.3 is 0 Å². The highest BCUT2D eigenvalue weighted by Gasteiger charge is 2.29. The zero-order valence-electron chi connectivity index (χ0n) is 24.3. The molecule has 3 aliphatic rings. The van der Waals surface area contributed by atoms with Crippen molar-refractivity contribution in [2.45, 2.75) is 51.3 Å². The number of carbonyl (C=O) groups is 1. The van der Waals surface area contributed by atoms with Crippen molar-refractivity contribution in [2.24, 2.45) is 5.18 Å². The van der Waals surface area contributed by atoms with E-state index in [1.165, 1.54) is 37.7 Å². The molecule has 11 nitrogen and oxygen atoms in total.